The van der Waals surface area contributed by atoms with Crippen LogP contribution in [0, 0.1) is 19.1 Å². The number of aryl methyl sites for hydroxylation is 1. The maximum absolute atomic E-state index is 6.33. The summed E-state index contributed by atoms with van der Waals surface area (Å²) in [6.45, 7) is 8.58. The molecule has 0 spiro atoms. The summed E-state index contributed by atoms with van der Waals surface area (Å²) in [5, 5.41) is 9.97. The van der Waals surface area contributed by atoms with Gasteiger partial charge in [-0.3, -0.25) is 9.50 Å². The van der Waals surface area contributed by atoms with Crippen LogP contribution < -0.4 is 4.74 Å². The molecule has 0 aliphatic carbocycles. The molecular formula is C36H27N5OPt. The third kappa shape index (κ3) is 4.40. The van der Waals surface area contributed by atoms with Gasteiger partial charge in [-0.1, -0.05) is 97.1 Å². The van der Waals surface area contributed by atoms with Crippen LogP contribution in [0.4, 0.5) is 0 Å². The molecule has 0 aliphatic rings. The molecule has 6 nitrogen and oxygen atoms in total. The first-order valence-corrected chi connectivity index (χ1v) is 14.1. The van der Waals surface area contributed by atoms with Gasteiger partial charge in [0, 0.05) is 17.3 Å². The minimum Gasteiger partial charge on any atom is -0.459 e. The van der Waals surface area contributed by atoms with Gasteiger partial charge in [0.1, 0.15) is 11.6 Å². The summed E-state index contributed by atoms with van der Waals surface area (Å²) in [5.74, 6) is 2.52. The number of aromatic nitrogens is 5. The van der Waals surface area contributed by atoms with Gasteiger partial charge in [-0.15, -0.1) is 17.0 Å². The van der Waals surface area contributed by atoms with Crippen molar-refractivity contribution in [1.29, 1.82) is 0 Å². The topological polar surface area (TPSA) is 57.2 Å². The molecule has 4 aromatic heterocycles. The molecule has 0 unspecified atom stereocenters. The zero-order chi connectivity index (χ0) is 28.6. The van der Waals surface area contributed by atoms with Gasteiger partial charge in [0.15, 0.2) is 0 Å². The van der Waals surface area contributed by atoms with Crippen molar-refractivity contribution in [2.75, 3.05) is 0 Å². The molecule has 0 atom stereocenters. The molecule has 4 heterocycles. The van der Waals surface area contributed by atoms with E-state index >= 15 is 0 Å². The normalized spacial score (nSPS) is 12.0. The van der Waals surface area contributed by atoms with E-state index in [0.717, 1.165) is 49.6 Å². The van der Waals surface area contributed by atoms with Gasteiger partial charge in [0.05, 0.1) is 11.2 Å². The fourth-order valence-corrected chi connectivity index (χ4v) is 5.83. The predicted octanol–water partition coefficient (Wildman–Crippen LogP) is 8.52. The van der Waals surface area contributed by atoms with Gasteiger partial charge in [-0.05, 0) is 35.9 Å². The van der Waals surface area contributed by atoms with Gasteiger partial charge >= 0.3 is 21.1 Å². The number of pyridine rings is 2. The molecule has 0 fully saturated rings. The molecule has 43 heavy (non-hydrogen) atoms. The number of hydrogen-bond donors (Lipinski definition) is 0. The number of ether oxygens (including phenoxy) is 1. The monoisotopic (exact) mass is 740 g/mol. The maximum atomic E-state index is 6.33. The maximum Gasteiger partial charge on any atom is 2.00 e. The second kappa shape index (κ2) is 10.0. The molecule has 0 saturated heterocycles. The summed E-state index contributed by atoms with van der Waals surface area (Å²) in [7, 11) is 0. The molecule has 0 saturated carbocycles. The fraction of sp³-hybridized carbons (Fsp3) is 0.139. The van der Waals surface area contributed by atoms with Gasteiger partial charge in [-0.2, -0.15) is 28.3 Å². The molecular weight excluding hydrogens is 714 g/mol. The second-order valence-corrected chi connectivity index (χ2v) is 11.7. The Morgan fingerprint density at radius 1 is 0.767 bits per heavy atom. The van der Waals surface area contributed by atoms with Crippen LogP contribution in [-0.2, 0) is 26.5 Å². The van der Waals surface area contributed by atoms with E-state index in [-0.39, 0.29) is 26.5 Å². The first-order valence-electron chi connectivity index (χ1n) is 14.1. The number of para-hydroxylation sites is 2. The first-order chi connectivity index (χ1) is 20.3. The number of nitrogens with zero attached hydrogens (tertiary/aromatic N) is 5. The third-order valence-corrected chi connectivity index (χ3v) is 7.87. The van der Waals surface area contributed by atoms with Crippen LogP contribution >= 0.6 is 0 Å². The van der Waals surface area contributed by atoms with E-state index < -0.39 is 0 Å². The molecule has 0 aliphatic heterocycles. The molecule has 212 valence electrons. The molecule has 0 radical (unpaired) electrons. The van der Waals surface area contributed by atoms with E-state index in [4.69, 9.17) is 14.7 Å². The standard InChI is InChI=1S/C36H27N5O.Pt/c1-22-37-35-29-21-24(17-18-25(29)26-10-6-8-13-32(26)41(35)39-22)42-34-15-9-14-33(38-34)40-30-12-7-5-11-27(30)28-20-23(36(2,3)4)16-19-31(28)40;/h5-18,20H,1-4H3;/q-2;+2. The molecule has 0 amide bonds. The van der Waals surface area contributed by atoms with E-state index in [2.05, 4.69) is 97.2 Å². The predicted molar refractivity (Wildman–Crippen MR) is 168 cm³/mol. The summed E-state index contributed by atoms with van der Waals surface area (Å²) >= 11 is 0. The van der Waals surface area contributed by atoms with E-state index in [1.165, 1.54) is 10.9 Å². The van der Waals surface area contributed by atoms with Crippen molar-refractivity contribution in [1.82, 2.24) is 24.1 Å². The molecule has 8 aromatic rings. The Bertz CT molecular complexity index is 2350. The number of rotatable bonds is 3. The van der Waals surface area contributed by atoms with Crippen LogP contribution in [-0.4, -0.2) is 24.1 Å². The molecule has 0 N–H and O–H groups in total. The van der Waals surface area contributed by atoms with Crippen LogP contribution in [0.2, 0.25) is 0 Å². The Balaban J connectivity index is 0.00000300. The van der Waals surface area contributed by atoms with E-state index in [1.807, 2.05) is 47.8 Å². The van der Waals surface area contributed by atoms with Crippen LogP contribution in [0.25, 0.3) is 54.9 Å². The smallest absolute Gasteiger partial charge is 0.459 e. The van der Waals surface area contributed by atoms with Crippen molar-refractivity contribution in [3.8, 4) is 17.4 Å². The van der Waals surface area contributed by atoms with E-state index in [0.29, 0.717) is 17.5 Å². The molecule has 4 aromatic carbocycles. The minimum atomic E-state index is 0. The van der Waals surface area contributed by atoms with E-state index in [9.17, 15) is 0 Å². The Hall–Kier alpha value is -4.54. The van der Waals surface area contributed by atoms with Crippen molar-refractivity contribution in [3.63, 3.8) is 0 Å². The van der Waals surface area contributed by atoms with Crippen molar-refractivity contribution in [3.05, 3.63) is 115 Å². The van der Waals surface area contributed by atoms with Crippen LogP contribution in [0.5, 0.6) is 11.6 Å². The SMILES string of the molecule is Cc1nc2c3[c-]c(Oc4cccc(-n5c6[c-]cc(C(C)(C)C)cc6c6ccccc65)n4)ccc3c3ccccc3n2n1.[Pt+2]. The van der Waals surface area contributed by atoms with Crippen LogP contribution in [0.15, 0.2) is 91.0 Å². The molecule has 0 bridgehead atoms. The third-order valence-electron chi connectivity index (χ3n) is 7.87. The van der Waals surface area contributed by atoms with Crippen LogP contribution in [0.1, 0.15) is 32.2 Å². The minimum absolute atomic E-state index is 0. The molecule has 7 heteroatoms. The average molecular weight is 741 g/mol. The summed E-state index contributed by atoms with van der Waals surface area (Å²) in [6.07, 6.45) is 0. The Labute approximate surface area is 263 Å². The second-order valence-electron chi connectivity index (χ2n) is 11.7. The van der Waals surface area contributed by atoms with Crippen molar-refractivity contribution < 1.29 is 25.8 Å². The summed E-state index contributed by atoms with van der Waals surface area (Å²) in [6, 6.07) is 37.9. The van der Waals surface area contributed by atoms with Gasteiger partial charge < -0.3 is 9.30 Å². The van der Waals surface area contributed by atoms with Gasteiger partial charge in [0.2, 0.25) is 5.88 Å². The first kappa shape index (κ1) is 27.3. The fourth-order valence-electron chi connectivity index (χ4n) is 5.83. The average Bonchev–Trinajstić information content (AvgIpc) is 3.55. The largest absolute Gasteiger partial charge is 2.00 e. The summed E-state index contributed by atoms with van der Waals surface area (Å²) < 4.78 is 10.4. The van der Waals surface area contributed by atoms with Gasteiger partial charge in [-0.25, -0.2) is 0 Å². The molecule has 8 rings (SSSR count). The van der Waals surface area contributed by atoms with Crippen molar-refractivity contribution in [2.24, 2.45) is 0 Å². The number of benzene rings is 4. The van der Waals surface area contributed by atoms with Crippen LogP contribution in [0.3, 0.4) is 0 Å². The van der Waals surface area contributed by atoms with E-state index in [1.54, 1.807) is 0 Å². The zero-order valence-electron chi connectivity index (χ0n) is 24.1. The summed E-state index contributed by atoms with van der Waals surface area (Å²) in [4.78, 5) is 9.66. The Morgan fingerprint density at radius 2 is 1.51 bits per heavy atom. The quantitative estimate of drug-likeness (QED) is 0.135. The number of hydrogen-bond acceptors (Lipinski definition) is 4. The summed E-state index contributed by atoms with van der Waals surface area (Å²) in [5.41, 5.74) is 5.10. The van der Waals surface area contributed by atoms with Crippen molar-refractivity contribution in [2.45, 2.75) is 33.1 Å². The van der Waals surface area contributed by atoms with Gasteiger partial charge in [0.25, 0.3) is 0 Å². The Morgan fingerprint density at radius 3 is 2.30 bits per heavy atom. The number of fused-ring (bicyclic) bond motifs is 9. The van der Waals surface area contributed by atoms with Crippen molar-refractivity contribution >= 4 is 49.1 Å². The Kier molecular flexibility index (Phi) is 6.37. The zero-order valence-corrected chi connectivity index (χ0v) is 26.4.